The fourth-order valence-electron chi connectivity index (χ4n) is 1.39. The normalized spacial score (nSPS) is 12.7. The van der Waals surface area contributed by atoms with Gasteiger partial charge in [0.15, 0.2) is 5.82 Å². The van der Waals surface area contributed by atoms with E-state index in [1.807, 2.05) is 12.1 Å². The highest BCUT2D eigenvalue weighted by Crippen LogP contribution is 2.28. The monoisotopic (exact) mass is 331 g/mol. The highest BCUT2D eigenvalue weighted by Gasteiger charge is 2.15. The van der Waals surface area contributed by atoms with E-state index in [9.17, 15) is 0 Å². The van der Waals surface area contributed by atoms with E-state index >= 15 is 0 Å². The second kappa shape index (κ2) is 5.79. The van der Waals surface area contributed by atoms with E-state index in [1.165, 1.54) is 0 Å². The Bertz CT molecular complexity index is 547. The number of hydrogen-bond donors (Lipinski definition) is 1. The van der Waals surface area contributed by atoms with Gasteiger partial charge in [-0.2, -0.15) is 4.98 Å². The molecule has 0 saturated carbocycles. The van der Waals surface area contributed by atoms with Gasteiger partial charge in [-0.3, -0.25) is 0 Å². The molecular formula is C11H11BrClN3O2. The molecule has 1 aromatic heterocycles. The summed E-state index contributed by atoms with van der Waals surface area (Å²) in [6, 6.07) is 4.98. The van der Waals surface area contributed by atoms with Crippen molar-refractivity contribution in [1.82, 2.24) is 10.1 Å². The minimum atomic E-state index is -0.404. The zero-order valence-electron chi connectivity index (χ0n) is 9.56. The standard InChI is InChI=1S/C11H11BrClN3O2/c1-17-5-9(14)10-15-11(18-16-10)6-2-3-7(12)8(13)4-6/h2-4,9H,5,14H2,1H3. The quantitative estimate of drug-likeness (QED) is 0.932. The molecule has 2 N–H and O–H groups in total. The van der Waals surface area contributed by atoms with Gasteiger partial charge in [-0.05, 0) is 34.1 Å². The maximum Gasteiger partial charge on any atom is 0.258 e. The number of ether oxygens (including phenoxy) is 1. The molecule has 7 heteroatoms. The van der Waals surface area contributed by atoms with E-state index in [0.717, 1.165) is 10.0 Å². The predicted octanol–water partition coefficient (Wildman–Crippen LogP) is 2.80. The first-order valence-electron chi connectivity index (χ1n) is 5.15. The lowest BCUT2D eigenvalue weighted by Gasteiger charge is -2.03. The summed E-state index contributed by atoms with van der Waals surface area (Å²) in [6.07, 6.45) is 0. The largest absolute Gasteiger partial charge is 0.383 e. The Morgan fingerprint density at radius 2 is 2.33 bits per heavy atom. The topological polar surface area (TPSA) is 74.2 Å². The molecule has 18 heavy (non-hydrogen) atoms. The second-order valence-corrected chi connectivity index (χ2v) is 4.91. The third kappa shape index (κ3) is 2.89. The number of nitrogens with two attached hydrogens (primary N) is 1. The molecule has 96 valence electrons. The van der Waals surface area contributed by atoms with E-state index in [4.69, 9.17) is 26.6 Å². The summed E-state index contributed by atoms with van der Waals surface area (Å²) < 4.78 is 10.9. The first kappa shape index (κ1) is 13.5. The predicted molar refractivity (Wildman–Crippen MR) is 71.2 cm³/mol. The number of halogens is 2. The molecule has 0 aliphatic carbocycles. The van der Waals surface area contributed by atoms with E-state index in [2.05, 4.69) is 26.1 Å². The smallest absolute Gasteiger partial charge is 0.258 e. The molecule has 1 unspecified atom stereocenters. The maximum atomic E-state index is 6.00. The van der Waals surface area contributed by atoms with E-state index in [1.54, 1.807) is 13.2 Å². The fraction of sp³-hybridized carbons (Fsp3) is 0.273. The average molecular weight is 333 g/mol. The molecule has 0 amide bonds. The molecule has 0 saturated heterocycles. The van der Waals surface area contributed by atoms with Crippen molar-refractivity contribution in [3.8, 4) is 11.5 Å². The van der Waals surface area contributed by atoms with Crippen LogP contribution >= 0.6 is 27.5 Å². The van der Waals surface area contributed by atoms with Crippen molar-refractivity contribution in [2.75, 3.05) is 13.7 Å². The summed E-state index contributed by atoms with van der Waals surface area (Å²) >= 11 is 9.32. The molecule has 0 spiro atoms. The van der Waals surface area contributed by atoms with Crippen molar-refractivity contribution in [3.05, 3.63) is 33.5 Å². The van der Waals surface area contributed by atoms with Crippen LogP contribution in [0, 0.1) is 0 Å². The molecule has 1 heterocycles. The number of aromatic nitrogens is 2. The lowest BCUT2D eigenvalue weighted by molar-refractivity contribution is 0.177. The van der Waals surface area contributed by atoms with Crippen molar-refractivity contribution in [3.63, 3.8) is 0 Å². The SMILES string of the molecule is COCC(N)c1noc(-c2ccc(Br)c(Cl)c2)n1. The van der Waals surface area contributed by atoms with Crippen molar-refractivity contribution in [1.29, 1.82) is 0 Å². The number of hydrogen-bond acceptors (Lipinski definition) is 5. The first-order chi connectivity index (χ1) is 8.61. The molecule has 2 rings (SSSR count). The summed E-state index contributed by atoms with van der Waals surface area (Å²) in [5.74, 6) is 0.789. The van der Waals surface area contributed by atoms with Gasteiger partial charge < -0.3 is 15.0 Å². The Morgan fingerprint density at radius 1 is 1.56 bits per heavy atom. The molecule has 0 fully saturated rings. The third-order valence-electron chi connectivity index (χ3n) is 2.29. The second-order valence-electron chi connectivity index (χ2n) is 3.65. The number of nitrogens with zero attached hydrogens (tertiary/aromatic N) is 2. The van der Waals surface area contributed by atoms with Crippen LogP contribution in [0.25, 0.3) is 11.5 Å². The highest BCUT2D eigenvalue weighted by molar-refractivity contribution is 9.10. The van der Waals surface area contributed by atoms with Gasteiger partial charge in [-0.25, -0.2) is 0 Å². The summed E-state index contributed by atoms with van der Waals surface area (Å²) in [5, 5.41) is 4.39. The van der Waals surface area contributed by atoms with Crippen LogP contribution in [0.1, 0.15) is 11.9 Å². The molecule has 0 radical (unpaired) electrons. The Labute approximate surface area is 117 Å². The van der Waals surface area contributed by atoms with Gasteiger partial charge in [0, 0.05) is 17.1 Å². The van der Waals surface area contributed by atoms with E-state index in [0.29, 0.717) is 23.3 Å². The van der Waals surface area contributed by atoms with Crippen LogP contribution in [0.2, 0.25) is 5.02 Å². The van der Waals surface area contributed by atoms with Crippen LogP contribution in [0.3, 0.4) is 0 Å². The summed E-state index contributed by atoms with van der Waals surface area (Å²) in [4.78, 5) is 4.21. The lowest BCUT2D eigenvalue weighted by Crippen LogP contribution is -2.17. The van der Waals surface area contributed by atoms with Crippen LogP contribution in [0.4, 0.5) is 0 Å². The summed E-state index contributed by atoms with van der Waals surface area (Å²) in [7, 11) is 1.56. The molecule has 0 bridgehead atoms. The minimum Gasteiger partial charge on any atom is -0.383 e. The maximum absolute atomic E-state index is 6.00. The number of methoxy groups -OCH3 is 1. The Kier molecular flexibility index (Phi) is 4.34. The molecule has 0 aliphatic rings. The molecule has 1 aromatic carbocycles. The molecule has 2 aromatic rings. The molecule has 5 nitrogen and oxygen atoms in total. The Balaban J connectivity index is 2.26. The van der Waals surface area contributed by atoms with Crippen molar-refractivity contribution in [2.24, 2.45) is 5.73 Å². The average Bonchev–Trinajstić information content (AvgIpc) is 2.82. The van der Waals surface area contributed by atoms with Gasteiger partial charge in [0.2, 0.25) is 0 Å². The van der Waals surface area contributed by atoms with Crippen molar-refractivity contribution < 1.29 is 9.26 Å². The van der Waals surface area contributed by atoms with Gasteiger partial charge in [-0.15, -0.1) is 0 Å². The van der Waals surface area contributed by atoms with Gasteiger partial charge in [-0.1, -0.05) is 16.8 Å². The third-order valence-corrected chi connectivity index (χ3v) is 3.52. The molecule has 1 atom stereocenters. The number of rotatable bonds is 4. The zero-order chi connectivity index (χ0) is 13.1. The van der Waals surface area contributed by atoms with Gasteiger partial charge in [0.25, 0.3) is 5.89 Å². The van der Waals surface area contributed by atoms with Gasteiger partial charge >= 0.3 is 0 Å². The van der Waals surface area contributed by atoms with E-state index in [-0.39, 0.29) is 0 Å². The first-order valence-corrected chi connectivity index (χ1v) is 6.32. The van der Waals surface area contributed by atoms with Gasteiger partial charge in [0.05, 0.1) is 17.7 Å². The summed E-state index contributed by atoms with van der Waals surface area (Å²) in [5.41, 5.74) is 6.55. The van der Waals surface area contributed by atoms with Crippen LogP contribution in [-0.2, 0) is 4.74 Å². The summed E-state index contributed by atoms with van der Waals surface area (Å²) in [6.45, 7) is 0.333. The van der Waals surface area contributed by atoms with Gasteiger partial charge in [0.1, 0.15) is 0 Å². The lowest BCUT2D eigenvalue weighted by atomic mass is 10.2. The minimum absolute atomic E-state index is 0.333. The number of benzene rings is 1. The van der Waals surface area contributed by atoms with E-state index < -0.39 is 6.04 Å². The highest BCUT2D eigenvalue weighted by atomic mass is 79.9. The van der Waals surface area contributed by atoms with Crippen molar-refractivity contribution >= 4 is 27.5 Å². The Morgan fingerprint density at radius 3 is 3.00 bits per heavy atom. The molecular weight excluding hydrogens is 321 g/mol. The fourth-order valence-corrected chi connectivity index (χ4v) is 1.81. The van der Waals surface area contributed by atoms with Crippen LogP contribution < -0.4 is 5.73 Å². The van der Waals surface area contributed by atoms with Crippen LogP contribution in [0.5, 0.6) is 0 Å². The zero-order valence-corrected chi connectivity index (χ0v) is 11.9. The van der Waals surface area contributed by atoms with Crippen LogP contribution in [0.15, 0.2) is 27.2 Å². The molecule has 0 aliphatic heterocycles. The Hall–Kier alpha value is -0.950. The van der Waals surface area contributed by atoms with Crippen LogP contribution in [-0.4, -0.2) is 23.9 Å². The van der Waals surface area contributed by atoms with Crippen molar-refractivity contribution in [2.45, 2.75) is 6.04 Å².